The molecule has 1 amide bonds. The molecule has 26 heavy (non-hydrogen) atoms. The van der Waals surface area contributed by atoms with E-state index >= 15 is 0 Å². The van der Waals surface area contributed by atoms with E-state index in [0.717, 1.165) is 19.4 Å². The number of rotatable bonds is 2. The van der Waals surface area contributed by atoms with Gasteiger partial charge in [-0.2, -0.15) is 0 Å². The number of fused-ring (bicyclic) bond motifs is 2. The molecule has 0 saturated carbocycles. The van der Waals surface area contributed by atoms with Crippen molar-refractivity contribution in [2.45, 2.75) is 38.3 Å². The van der Waals surface area contributed by atoms with Gasteiger partial charge in [0.1, 0.15) is 11.5 Å². The maximum atomic E-state index is 12.9. The number of carbonyl (C=O) groups excluding carboxylic acids is 1. The van der Waals surface area contributed by atoms with E-state index in [9.17, 15) is 4.79 Å². The Morgan fingerprint density at radius 3 is 2.62 bits per heavy atom. The molecule has 2 bridgehead atoms. The first-order valence-corrected chi connectivity index (χ1v) is 9.22. The summed E-state index contributed by atoms with van der Waals surface area (Å²) in [5, 5.41) is 8.90. The predicted octanol–water partition coefficient (Wildman–Crippen LogP) is 3.27. The minimum Gasteiger partial charge on any atom is -0.334 e. The van der Waals surface area contributed by atoms with Gasteiger partial charge in [-0.05, 0) is 38.3 Å². The van der Waals surface area contributed by atoms with Crippen LogP contribution >= 0.6 is 35.6 Å². The van der Waals surface area contributed by atoms with Crippen LogP contribution < -0.4 is 5.32 Å². The van der Waals surface area contributed by atoms with Crippen LogP contribution in [0.2, 0.25) is 10.0 Å². The van der Waals surface area contributed by atoms with Crippen LogP contribution in [0.15, 0.2) is 18.2 Å². The standard InChI is InChI=1S/C17H19Cl2N5O.ClH/c1-10-20-16(22-24(10)15-13(18)3-2-4-14(15)19)17(25)23-8-7-11-5-6-12(9-23)21-11;/h2-4,11-12,21H,5-9H2,1H3;1H. The van der Waals surface area contributed by atoms with E-state index < -0.39 is 0 Å². The van der Waals surface area contributed by atoms with Gasteiger partial charge in [0.05, 0.1) is 10.0 Å². The highest BCUT2D eigenvalue weighted by Gasteiger charge is 2.33. The van der Waals surface area contributed by atoms with Crippen LogP contribution in [-0.4, -0.2) is 50.7 Å². The number of halogens is 3. The lowest BCUT2D eigenvalue weighted by Crippen LogP contribution is -2.39. The van der Waals surface area contributed by atoms with Crippen LogP contribution in [0.4, 0.5) is 0 Å². The Kier molecular flexibility index (Phi) is 5.77. The van der Waals surface area contributed by atoms with Crippen LogP contribution in [-0.2, 0) is 0 Å². The molecule has 2 unspecified atom stereocenters. The summed E-state index contributed by atoms with van der Waals surface area (Å²) < 4.78 is 1.54. The molecule has 1 aromatic heterocycles. The minimum atomic E-state index is -0.139. The summed E-state index contributed by atoms with van der Waals surface area (Å²) in [7, 11) is 0. The fourth-order valence-corrected chi connectivity index (χ4v) is 4.21. The number of aromatic nitrogens is 3. The molecule has 9 heteroatoms. The molecule has 2 saturated heterocycles. The zero-order chi connectivity index (χ0) is 17.6. The van der Waals surface area contributed by atoms with Gasteiger partial charge in [0, 0.05) is 25.2 Å². The van der Waals surface area contributed by atoms with E-state index in [1.165, 1.54) is 6.42 Å². The van der Waals surface area contributed by atoms with Gasteiger partial charge in [0.2, 0.25) is 5.82 Å². The number of hydrogen-bond donors (Lipinski definition) is 1. The Bertz CT molecular complexity index is 804. The monoisotopic (exact) mass is 415 g/mol. The zero-order valence-corrected chi connectivity index (χ0v) is 16.6. The second kappa shape index (κ2) is 7.72. The fourth-order valence-electron chi connectivity index (χ4n) is 3.65. The number of amides is 1. The van der Waals surface area contributed by atoms with Gasteiger partial charge in [-0.1, -0.05) is 29.3 Å². The lowest BCUT2D eigenvalue weighted by Gasteiger charge is -2.22. The van der Waals surface area contributed by atoms with E-state index in [1.807, 2.05) is 4.90 Å². The van der Waals surface area contributed by atoms with Gasteiger partial charge in [-0.15, -0.1) is 17.5 Å². The summed E-state index contributed by atoms with van der Waals surface area (Å²) in [6, 6.07) is 6.14. The van der Waals surface area contributed by atoms with Crippen LogP contribution in [0.5, 0.6) is 0 Å². The molecule has 0 spiro atoms. The van der Waals surface area contributed by atoms with Crippen LogP contribution in [0.1, 0.15) is 35.7 Å². The highest BCUT2D eigenvalue weighted by atomic mass is 35.5. The molecule has 4 rings (SSSR count). The summed E-state index contributed by atoms with van der Waals surface area (Å²) in [5.74, 6) is 0.624. The summed E-state index contributed by atoms with van der Waals surface area (Å²) in [6.07, 6.45) is 3.28. The van der Waals surface area contributed by atoms with Crippen molar-refractivity contribution in [3.05, 3.63) is 39.9 Å². The SMILES string of the molecule is Cc1nc(C(=O)N2CCC3CCC(C2)N3)nn1-c1c(Cl)cccc1Cl.Cl. The Balaban J connectivity index is 0.00000196. The number of nitrogens with one attached hydrogen (secondary N) is 1. The van der Waals surface area contributed by atoms with Gasteiger partial charge in [-0.3, -0.25) is 4.79 Å². The summed E-state index contributed by atoms with van der Waals surface area (Å²) >= 11 is 12.5. The number of para-hydroxylation sites is 1. The molecular formula is C17H20Cl3N5O. The third-order valence-corrected chi connectivity index (χ3v) is 5.53. The van der Waals surface area contributed by atoms with Crippen molar-refractivity contribution < 1.29 is 4.79 Å². The van der Waals surface area contributed by atoms with Crippen LogP contribution in [0.25, 0.3) is 5.69 Å². The maximum Gasteiger partial charge on any atom is 0.293 e. The summed E-state index contributed by atoms with van der Waals surface area (Å²) in [5.41, 5.74) is 0.548. The molecule has 2 aromatic rings. The van der Waals surface area contributed by atoms with Crippen molar-refractivity contribution in [2.75, 3.05) is 13.1 Å². The van der Waals surface area contributed by atoms with Gasteiger partial charge < -0.3 is 10.2 Å². The number of likely N-dealkylation sites (tertiary alicyclic amines) is 1. The molecular weight excluding hydrogens is 397 g/mol. The number of benzene rings is 1. The molecule has 2 aliphatic heterocycles. The van der Waals surface area contributed by atoms with E-state index in [1.54, 1.807) is 29.8 Å². The van der Waals surface area contributed by atoms with Crippen molar-refractivity contribution in [1.29, 1.82) is 0 Å². The Labute approximate surface area is 168 Å². The first kappa shape index (κ1) is 19.4. The molecule has 2 aliphatic rings. The third kappa shape index (κ3) is 3.56. The topological polar surface area (TPSA) is 63.1 Å². The molecule has 0 aliphatic carbocycles. The molecule has 1 N–H and O–H groups in total. The Hall–Kier alpha value is -1.34. The van der Waals surface area contributed by atoms with Crippen LogP contribution in [0, 0.1) is 6.92 Å². The van der Waals surface area contributed by atoms with Gasteiger partial charge >= 0.3 is 0 Å². The van der Waals surface area contributed by atoms with E-state index in [-0.39, 0.29) is 24.1 Å². The van der Waals surface area contributed by atoms with Crippen molar-refractivity contribution in [3.8, 4) is 5.69 Å². The summed E-state index contributed by atoms with van der Waals surface area (Å²) in [6.45, 7) is 3.22. The number of carbonyl (C=O) groups is 1. The number of aryl methyl sites for hydroxylation is 1. The lowest BCUT2D eigenvalue weighted by molar-refractivity contribution is 0.0736. The fraction of sp³-hybridized carbons (Fsp3) is 0.471. The maximum absolute atomic E-state index is 12.9. The molecule has 0 radical (unpaired) electrons. The zero-order valence-electron chi connectivity index (χ0n) is 14.3. The highest BCUT2D eigenvalue weighted by Crippen LogP contribution is 2.29. The van der Waals surface area contributed by atoms with E-state index in [0.29, 0.717) is 40.2 Å². The van der Waals surface area contributed by atoms with Crippen LogP contribution in [0.3, 0.4) is 0 Å². The lowest BCUT2D eigenvalue weighted by atomic mass is 10.1. The van der Waals surface area contributed by atoms with Crippen molar-refractivity contribution in [3.63, 3.8) is 0 Å². The number of nitrogens with zero attached hydrogens (tertiary/aromatic N) is 4. The van der Waals surface area contributed by atoms with Crippen molar-refractivity contribution in [2.24, 2.45) is 0 Å². The first-order valence-electron chi connectivity index (χ1n) is 8.46. The smallest absolute Gasteiger partial charge is 0.293 e. The predicted molar refractivity (Wildman–Crippen MR) is 104 cm³/mol. The van der Waals surface area contributed by atoms with Crippen molar-refractivity contribution in [1.82, 2.24) is 25.0 Å². The second-order valence-corrected chi connectivity index (χ2v) is 7.46. The quantitative estimate of drug-likeness (QED) is 0.816. The second-order valence-electron chi connectivity index (χ2n) is 6.64. The summed E-state index contributed by atoms with van der Waals surface area (Å²) in [4.78, 5) is 19.1. The largest absolute Gasteiger partial charge is 0.334 e. The Morgan fingerprint density at radius 2 is 1.88 bits per heavy atom. The molecule has 140 valence electrons. The van der Waals surface area contributed by atoms with Gasteiger partial charge in [0.25, 0.3) is 5.91 Å². The van der Waals surface area contributed by atoms with Crippen molar-refractivity contribution >= 4 is 41.5 Å². The van der Waals surface area contributed by atoms with Gasteiger partial charge in [0.15, 0.2) is 0 Å². The normalized spacial score (nSPS) is 22.0. The molecule has 1 aromatic carbocycles. The minimum absolute atomic E-state index is 0. The Morgan fingerprint density at radius 1 is 1.19 bits per heavy atom. The highest BCUT2D eigenvalue weighted by molar-refractivity contribution is 6.37. The molecule has 6 nitrogen and oxygen atoms in total. The average molecular weight is 417 g/mol. The van der Waals surface area contributed by atoms with E-state index in [2.05, 4.69) is 15.4 Å². The molecule has 2 atom stereocenters. The average Bonchev–Trinajstić information content (AvgIpc) is 3.10. The molecule has 3 heterocycles. The number of hydrogen-bond acceptors (Lipinski definition) is 4. The van der Waals surface area contributed by atoms with Gasteiger partial charge in [-0.25, -0.2) is 9.67 Å². The first-order chi connectivity index (χ1) is 12.0. The third-order valence-electron chi connectivity index (χ3n) is 4.92. The van der Waals surface area contributed by atoms with E-state index in [4.69, 9.17) is 23.2 Å². The molecule has 2 fully saturated rings.